The van der Waals surface area contributed by atoms with Gasteiger partial charge in [0.25, 0.3) is 10.0 Å². The second-order valence-electron chi connectivity index (χ2n) is 13.6. The van der Waals surface area contributed by atoms with E-state index >= 15 is 0 Å². The van der Waals surface area contributed by atoms with Crippen molar-refractivity contribution in [2.24, 2.45) is 0 Å². The van der Waals surface area contributed by atoms with E-state index in [1.165, 1.54) is 0 Å². The van der Waals surface area contributed by atoms with Gasteiger partial charge in [0.1, 0.15) is 16.7 Å². The van der Waals surface area contributed by atoms with Gasteiger partial charge in [-0.2, -0.15) is 22.7 Å². The molecule has 2 aliphatic heterocycles. The fourth-order valence-corrected chi connectivity index (χ4v) is 9.03. The molecule has 1 saturated heterocycles. The Labute approximate surface area is 291 Å². The molecule has 1 aliphatic carbocycles. The van der Waals surface area contributed by atoms with Crippen LogP contribution in [0.25, 0.3) is 22.3 Å². The van der Waals surface area contributed by atoms with Crippen LogP contribution in [0.3, 0.4) is 0 Å². The molecule has 13 heteroatoms. The number of benzene rings is 2. The molecule has 3 aliphatic rings. The SMILES string of the molecule is CCn1nc(C2CC2)c(Cl)c1N1CCc2nc(-c3c(C)ccc4c3c(C)nn4S(=O)(=O)c3ccc(C)cc3)nc(N3CCOCC3C)c2C1. The summed E-state index contributed by atoms with van der Waals surface area (Å²) in [7, 11) is -3.94. The molecule has 3 aromatic heterocycles. The number of halogens is 1. The normalized spacial score (nSPS) is 18.4. The third kappa shape index (κ3) is 5.39. The lowest BCUT2D eigenvalue weighted by molar-refractivity contribution is 0.0984. The van der Waals surface area contributed by atoms with E-state index in [1.54, 1.807) is 24.3 Å². The molecule has 11 nitrogen and oxygen atoms in total. The molecule has 1 atom stereocenters. The smallest absolute Gasteiger partial charge is 0.283 e. The molecule has 2 aromatic carbocycles. The average molecular weight is 701 g/mol. The molecular formula is C36H41ClN8O3S. The van der Waals surface area contributed by atoms with E-state index in [0.717, 1.165) is 85.7 Å². The van der Waals surface area contributed by atoms with Gasteiger partial charge in [-0.25, -0.2) is 14.6 Å². The number of nitrogens with zero attached hydrogens (tertiary/aromatic N) is 8. The van der Waals surface area contributed by atoms with Crippen LogP contribution >= 0.6 is 11.6 Å². The van der Waals surface area contributed by atoms with E-state index < -0.39 is 10.0 Å². The quantitative estimate of drug-likeness (QED) is 0.196. The number of aryl methyl sites for hydroxylation is 4. The second-order valence-corrected chi connectivity index (χ2v) is 15.7. The van der Waals surface area contributed by atoms with Crippen LogP contribution in [0, 0.1) is 20.8 Å². The van der Waals surface area contributed by atoms with E-state index in [1.807, 2.05) is 37.6 Å². The summed E-state index contributed by atoms with van der Waals surface area (Å²) in [5.74, 6) is 2.89. The maximum atomic E-state index is 13.9. The van der Waals surface area contributed by atoms with Gasteiger partial charge < -0.3 is 14.5 Å². The lowest BCUT2D eigenvalue weighted by atomic mass is 9.99. The van der Waals surface area contributed by atoms with Gasteiger partial charge >= 0.3 is 0 Å². The maximum absolute atomic E-state index is 13.9. The van der Waals surface area contributed by atoms with Crippen molar-refractivity contribution >= 4 is 44.2 Å². The van der Waals surface area contributed by atoms with Gasteiger partial charge in [-0.3, -0.25) is 0 Å². The Hall–Kier alpha value is -4.00. The van der Waals surface area contributed by atoms with Gasteiger partial charge in [-0.1, -0.05) is 35.4 Å². The van der Waals surface area contributed by atoms with E-state index in [4.69, 9.17) is 31.4 Å². The Bertz CT molecular complexity index is 2210. The monoisotopic (exact) mass is 700 g/mol. The highest BCUT2D eigenvalue weighted by Crippen LogP contribution is 2.46. The van der Waals surface area contributed by atoms with Gasteiger partial charge in [0.05, 0.1) is 46.7 Å². The maximum Gasteiger partial charge on any atom is 0.283 e. The van der Waals surface area contributed by atoms with E-state index in [0.29, 0.717) is 55.7 Å². The average Bonchev–Trinajstić information content (AvgIpc) is 3.80. The van der Waals surface area contributed by atoms with Gasteiger partial charge in [-0.05, 0) is 71.2 Å². The third-order valence-corrected chi connectivity index (χ3v) is 12.1. The van der Waals surface area contributed by atoms with E-state index in [2.05, 4.69) is 28.7 Å². The minimum Gasteiger partial charge on any atom is -0.377 e. The van der Waals surface area contributed by atoms with Gasteiger partial charge in [0.15, 0.2) is 5.82 Å². The first-order chi connectivity index (χ1) is 23.6. The number of anilines is 2. The number of aromatic nitrogens is 6. The molecule has 256 valence electrons. The topological polar surface area (TPSA) is 111 Å². The van der Waals surface area contributed by atoms with Crippen molar-refractivity contribution in [2.45, 2.75) is 83.8 Å². The molecule has 0 N–H and O–H groups in total. The summed E-state index contributed by atoms with van der Waals surface area (Å²) in [6.07, 6.45) is 2.98. The minimum atomic E-state index is -3.94. The van der Waals surface area contributed by atoms with Crippen LogP contribution < -0.4 is 9.80 Å². The Morgan fingerprint density at radius 3 is 2.49 bits per heavy atom. The fourth-order valence-electron chi connectivity index (χ4n) is 7.30. The van der Waals surface area contributed by atoms with Crippen LogP contribution in [-0.2, 0) is 34.3 Å². The van der Waals surface area contributed by atoms with Crippen LogP contribution in [0.15, 0.2) is 41.3 Å². The van der Waals surface area contributed by atoms with Crippen molar-refractivity contribution in [1.29, 1.82) is 0 Å². The molecule has 49 heavy (non-hydrogen) atoms. The van der Waals surface area contributed by atoms with Crippen LogP contribution in [0.2, 0.25) is 5.02 Å². The largest absolute Gasteiger partial charge is 0.377 e. The van der Waals surface area contributed by atoms with Gasteiger partial charge in [0, 0.05) is 55.0 Å². The predicted molar refractivity (Wildman–Crippen MR) is 191 cm³/mol. The zero-order valence-electron chi connectivity index (χ0n) is 28.6. The summed E-state index contributed by atoms with van der Waals surface area (Å²) < 4.78 is 36.8. The first-order valence-electron chi connectivity index (χ1n) is 17.1. The van der Waals surface area contributed by atoms with Gasteiger partial charge in [-0.15, -0.1) is 0 Å². The van der Waals surface area contributed by atoms with Crippen molar-refractivity contribution in [3.8, 4) is 11.4 Å². The number of fused-ring (bicyclic) bond motifs is 2. The van der Waals surface area contributed by atoms with Crippen LogP contribution in [0.4, 0.5) is 11.6 Å². The Balaban J connectivity index is 1.27. The summed E-state index contributed by atoms with van der Waals surface area (Å²) in [5, 5.41) is 11.0. The third-order valence-electron chi connectivity index (χ3n) is 10.1. The molecule has 1 unspecified atom stereocenters. The number of hydrogen-bond donors (Lipinski definition) is 0. The zero-order chi connectivity index (χ0) is 34.2. The molecule has 8 rings (SSSR count). The van der Waals surface area contributed by atoms with Gasteiger partial charge in [0.2, 0.25) is 0 Å². The molecule has 5 heterocycles. The second kappa shape index (κ2) is 12.1. The van der Waals surface area contributed by atoms with Crippen LogP contribution in [0.1, 0.15) is 66.4 Å². The predicted octanol–water partition coefficient (Wildman–Crippen LogP) is 6.19. The lowest BCUT2D eigenvalue weighted by Gasteiger charge is -2.38. The molecule has 0 spiro atoms. The fraction of sp³-hybridized carbons (Fsp3) is 0.444. The van der Waals surface area contributed by atoms with Crippen molar-refractivity contribution in [3.63, 3.8) is 0 Å². The lowest BCUT2D eigenvalue weighted by Crippen LogP contribution is -2.45. The summed E-state index contributed by atoms with van der Waals surface area (Å²) in [6.45, 7) is 14.1. The molecule has 1 saturated carbocycles. The molecule has 0 amide bonds. The Kier molecular flexibility index (Phi) is 7.96. The minimum absolute atomic E-state index is 0.114. The summed E-state index contributed by atoms with van der Waals surface area (Å²) in [4.78, 5) is 15.5. The van der Waals surface area contributed by atoms with Crippen molar-refractivity contribution in [1.82, 2.24) is 28.9 Å². The van der Waals surface area contributed by atoms with E-state index in [-0.39, 0.29) is 10.9 Å². The van der Waals surface area contributed by atoms with E-state index in [9.17, 15) is 8.42 Å². The number of ether oxygens (including phenoxy) is 1. The first kappa shape index (κ1) is 32.2. The van der Waals surface area contributed by atoms with Crippen LogP contribution in [-0.4, -0.2) is 69.7 Å². The number of morpholine rings is 1. The summed E-state index contributed by atoms with van der Waals surface area (Å²) in [5.41, 5.74) is 6.93. The first-order valence-corrected chi connectivity index (χ1v) is 19.0. The highest BCUT2D eigenvalue weighted by molar-refractivity contribution is 7.90. The Morgan fingerprint density at radius 1 is 1.00 bits per heavy atom. The molecule has 0 radical (unpaired) electrons. The van der Waals surface area contributed by atoms with Crippen LogP contribution in [0.5, 0.6) is 0 Å². The molecule has 5 aromatic rings. The number of hydrogen-bond acceptors (Lipinski definition) is 9. The van der Waals surface area contributed by atoms with Crippen molar-refractivity contribution < 1.29 is 13.2 Å². The molecular weight excluding hydrogens is 660 g/mol. The number of rotatable bonds is 7. The standard InChI is InChI=1S/C36H41ClN8O3S/c1-6-44-36(32(37)33(41-44)25-10-11-25)42-16-15-28-27(19-42)35(43-17-18-48-20-23(43)4)39-34(38-28)30-22(3)9-14-29-31(30)24(5)40-45(29)49(46,47)26-12-7-21(2)8-13-26/h7-9,12-14,23,25H,6,10-11,15-20H2,1-5H3. The zero-order valence-corrected chi connectivity index (χ0v) is 30.1. The highest BCUT2D eigenvalue weighted by atomic mass is 35.5. The summed E-state index contributed by atoms with van der Waals surface area (Å²) in [6, 6.07) is 10.7. The Morgan fingerprint density at radius 2 is 1.78 bits per heavy atom. The molecule has 2 fully saturated rings. The van der Waals surface area contributed by atoms with Crippen molar-refractivity contribution in [2.75, 3.05) is 36.1 Å². The van der Waals surface area contributed by atoms with Crippen molar-refractivity contribution in [3.05, 3.63) is 75.2 Å². The summed E-state index contributed by atoms with van der Waals surface area (Å²) >= 11 is 7.05. The highest BCUT2D eigenvalue weighted by Gasteiger charge is 2.36. The molecule has 0 bridgehead atoms.